The molecule has 1 aliphatic rings. The minimum absolute atomic E-state index is 0.102. The quantitative estimate of drug-likeness (QED) is 0.571. The molecule has 2 aromatic rings. The highest BCUT2D eigenvalue weighted by Gasteiger charge is 2.36. The minimum Gasteiger partial charge on any atom is -0.493 e. The first-order valence-corrected chi connectivity index (χ1v) is 10.4. The van der Waals surface area contributed by atoms with Gasteiger partial charge in [0.15, 0.2) is 16.6 Å². The van der Waals surface area contributed by atoms with Crippen LogP contribution in [0.15, 0.2) is 47.7 Å². The fourth-order valence-electron chi connectivity index (χ4n) is 3.51. The van der Waals surface area contributed by atoms with Crippen molar-refractivity contribution in [1.29, 1.82) is 0 Å². The number of methoxy groups -OCH3 is 1. The number of nitrogens with zero attached hydrogens (tertiary/aromatic N) is 2. The number of carbonyl (C=O) groups excluding carboxylic acids is 1. The Morgan fingerprint density at radius 1 is 1.21 bits per heavy atom. The standard InChI is InChI=1S/C22H21ClF3N3O3S/c1-11-18(20(30)28(2)3)19(12-5-8-16(31-4)17(9-12)32-21(25)26)27-22(33)29(11)13-6-7-15(24)14(23)10-13/h5-10,19,21H,1-4H3,(H,27,33). The van der Waals surface area contributed by atoms with Gasteiger partial charge in [-0.05, 0) is 55.0 Å². The number of likely N-dealkylation sites (N-methyl/N-ethyl adjacent to an activating group) is 1. The van der Waals surface area contributed by atoms with Crippen LogP contribution in [-0.2, 0) is 4.79 Å². The predicted octanol–water partition coefficient (Wildman–Crippen LogP) is 4.89. The van der Waals surface area contributed by atoms with E-state index in [2.05, 4.69) is 10.1 Å². The topological polar surface area (TPSA) is 54.0 Å². The molecule has 0 saturated carbocycles. The Morgan fingerprint density at radius 3 is 2.48 bits per heavy atom. The van der Waals surface area contributed by atoms with Crippen molar-refractivity contribution in [2.24, 2.45) is 0 Å². The number of rotatable bonds is 6. The summed E-state index contributed by atoms with van der Waals surface area (Å²) in [6.45, 7) is -1.37. The lowest BCUT2D eigenvalue weighted by Crippen LogP contribution is -2.49. The summed E-state index contributed by atoms with van der Waals surface area (Å²) >= 11 is 11.5. The molecule has 1 atom stereocenters. The monoisotopic (exact) mass is 499 g/mol. The Hall–Kier alpha value is -2.98. The number of anilines is 1. The molecule has 0 radical (unpaired) electrons. The first-order chi connectivity index (χ1) is 15.5. The molecule has 1 unspecified atom stereocenters. The minimum atomic E-state index is -3.06. The Bertz CT molecular complexity index is 1130. The van der Waals surface area contributed by atoms with Crippen LogP contribution in [0.5, 0.6) is 11.5 Å². The lowest BCUT2D eigenvalue weighted by atomic mass is 9.93. The third-order valence-corrected chi connectivity index (χ3v) is 5.61. The van der Waals surface area contributed by atoms with Crippen LogP contribution >= 0.6 is 23.8 Å². The Labute approximate surface area is 199 Å². The largest absolute Gasteiger partial charge is 0.493 e. The van der Waals surface area contributed by atoms with Crippen molar-refractivity contribution >= 4 is 40.5 Å². The Kier molecular flexibility index (Phi) is 7.38. The fourth-order valence-corrected chi connectivity index (χ4v) is 4.04. The van der Waals surface area contributed by atoms with Gasteiger partial charge in [-0.2, -0.15) is 8.78 Å². The maximum atomic E-state index is 13.7. The average Bonchev–Trinajstić information content (AvgIpc) is 2.74. The summed E-state index contributed by atoms with van der Waals surface area (Å²) in [7, 11) is 4.51. The summed E-state index contributed by atoms with van der Waals surface area (Å²) in [6.07, 6.45) is 0. The fraction of sp³-hybridized carbons (Fsp3) is 0.273. The zero-order valence-corrected chi connectivity index (χ0v) is 19.7. The molecule has 0 saturated heterocycles. The van der Waals surface area contributed by atoms with Gasteiger partial charge in [-0.25, -0.2) is 4.39 Å². The van der Waals surface area contributed by atoms with E-state index in [9.17, 15) is 18.0 Å². The molecular weight excluding hydrogens is 479 g/mol. The molecule has 0 aliphatic carbocycles. The number of hydrogen-bond acceptors (Lipinski definition) is 4. The van der Waals surface area contributed by atoms with Crippen molar-refractivity contribution in [2.45, 2.75) is 19.6 Å². The summed E-state index contributed by atoms with van der Waals surface area (Å²) in [4.78, 5) is 16.1. The van der Waals surface area contributed by atoms with E-state index < -0.39 is 18.5 Å². The van der Waals surface area contributed by atoms with Crippen molar-refractivity contribution in [1.82, 2.24) is 10.2 Å². The molecule has 0 fully saturated rings. The Balaban J connectivity index is 2.16. The molecule has 11 heteroatoms. The number of halogens is 4. The smallest absolute Gasteiger partial charge is 0.387 e. The zero-order chi connectivity index (χ0) is 24.4. The van der Waals surface area contributed by atoms with Gasteiger partial charge < -0.3 is 19.7 Å². The third kappa shape index (κ3) is 5.01. The van der Waals surface area contributed by atoms with E-state index in [1.807, 2.05) is 0 Å². The second-order valence-electron chi connectivity index (χ2n) is 7.30. The second kappa shape index (κ2) is 9.88. The van der Waals surface area contributed by atoms with Gasteiger partial charge in [0.25, 0.3) is 5.91 Å². The number of benzene rings is 2. The number of carbonyl (C=O) groups is 1. The normalized spacial score (nSPS) is 16.1. The number of nitrogens with one attached hydrogen (secondary N) is 1. The molecule has 33 heavy (non-hydrogen) atoms. The molecule has 1 aliphatic heterocycles. The Morgan fingerprint density at radius 2 is 1.91 bits per heavy atom. The van der Waals surface area contributed by atoms with Crippen LogP contribution in [0.1, 0.15) is 18.5 Å². The molecular formula is C22H21ClF3N3O3S. The lowest BCUT2D eigenvalue weighted by Gasteiger charge is -2.38. The van der Waals surface area contributed by atoms with Crippen molar-refractivity contribution < 1.29 is 27.4 Å². The van der Waals surface area contributed by atoms with E-state index in [4.69, 9.17) is 28.6 Å². The van der Waals surface area contributed by atoms with Gasteiger partial charge in [0, 0.05) is 25.5 Å². The van der Waals surface area contributed by atoms with Gasteiger partial charge in [-0.1, -0.05) is 17.7 Å². The number of hydrogen-bond donors (Lipinski definition) is 1. The highest BCUT2D eigenvalue weighted by Crippen LogP contribution is 2.38. The second-order valence-corrected chi connectivity index (χ2v) is 8.10. The van der Waals surface area contributed by atoms with Gasteiger partial charge in [0.05, 0.1) is 23.7 Å². The van der Waals surface area contributed by atoms with Crippen LogP contribution in [0, 0.1) is 5.82 Å². The van der Waals surface area contributed by atoms with E-state index in [1.54, 1.807) is 32.0 Å². The summed E-state index contributed by atoms with van der Waals surface area (Å²) in [5.41, 5.74) is 1.69. The number of allylic oxidation sites excluding steroid dienone is 1. The average molecular weight is 500 g/mol. The molecule has 0 spiro atoms. The third-order valence-electron chi connectivity index (χ3n) is 5.02. The van der Waals surface area contributed by atoms with Crippen LogP contribution in [0.25, 0.3) is 0 Å². The van der Waals surface area contributed by atoms with Crippen LogP contribution in [0.2, 0.25) is 5.02 Å². The van der Waals surface area contributed by atoms with Crippen LogP contribution in [0.4, 0.5) is 18.9 Å². The van der Waals surface area contributed by atoms with Crippen molar-refractivity contribution in [2.75, 3.05) is 26.1 Å². The lowest BCUT2D eigenvalue weighted by molar-refractivity contribution is -0.125. The number of ether oxygens (including phenoxy) is 2. The van der Waals surface area contributed by atoms with E-state index in [0.717, 1.165) is 0 Å². The van der Waals surface area contributed by atoms with Crippen molar-refractivity contribution in [3.05, 3.63) is 64.1 Å². The van der Waals surface area contributed by atoms with Crippen LogP contribution in [-0.4, -0.2) is 43.7 Å². The molecule has 1 amide bonds. The van der Waals surface area contributed by atoms with Crippen molar-refractivity contribution in [3.8, 4) is 11.5 Å². The highest BCUT2D eigenvalue weighted by atomic mass is 35.5. The first-order valence-electron chi connectivity index (χ1n) is 9.66. The molecule has 2 aromatic carbocycles. The SMILES string of the molecule is COc1ccc(C2NC(=S)N(c3ccc(F)c(Cl)c3)C(C)=C2C(=O)N(C)C)cc1OC(F)F. The number of thiocarbonyl (C=S) groups is 1. The van der Waals surface area contributed by atoms with Crippen molar-refractivity contribution in [3.63, 3.8) is 0 Å². The number of amides is 1. The predicted molar refractivity (Wildman–Crippen MR) is 123 cm³/mol. The van der Waals surface area contributed by atoms with Gasteiger partial charge in [-0.15, -0.1) is 0 Å². The van der Waals surface area contributed by atoms with Gasteiger partial charge in [0.1, 0.15) is 5.82 Å². The molecule has 176 valence electrons. The summed E-state index contributed by atoms with van der Waals surface area (Å²) in [6, 6.07) is 7.77. The van der Waals surface area contributed by atoms with E-state index in [0.29, 0.717) is 22.5 Å². The summed E-state index contributed by atoms with van der Waals surface area (Å²) < 4.78 is 49.2. The molecule has 6 nitrogen and oxygen atoms in total. The van der Waals surface area contributed by atoms with Gasteiger partial charge >= 0.3 is 6.61 Å². The van der Waals surface area contributed by atoms with Gasteiger partial charge in [0.2, 0.25) is 0 Å². The maximum absolute atomic E-state index is 13.7. The zero-order valence-electron chi connectivity index (χ0n) is 18.2. The molecule has 0 bridgehead atoms. The van der Waals surface area contributed by atoms with Gasteiger partial charge in [-0.3, -0.25) is 9.69 Å². The van der Waals surface area contributed by atoms with Crippen LogP contribution < -0.4 is 19.7 Å². The molecule has 1 N–H and O–H groups in total. The maximum Gasteiger partial charge on any atom is 0.387 e. The number of alkyl halides is 2. The molecule has 0 aromatic heterocycles. The van der Waals surface area contributed by atoms with E-state index >= 15 is 0 Å². The molecule has 3 rings (SSSR count). The first kappa shape index (κ1) is 24.7. The van der Waals surface area contributed by atoms with E-state index in [-0.39, 0.29) is 27.5 Å². The summed E-state index contributed by atoms with van der Waals surface area (Å²) in [5, 5.41) is 3.19. The van der Waals surface area contributed by atoms with Crippen LogP contribution in [0.3, 0.4) is 0 Å². The highest BCUT2D eigenvalue weighted by molar-refractivity contribution is 7.80. The van der Waals surface area contributed by atoms with E-state index in [1.165, 1.54) is 42.3 Å². The molecule has 1 heterocycles. The summed E-state index contributed by atoms with van der Waals surface area (Å²) in [5.74, 6) is -0.996.